The van der Waals surface area contributed by atoms with Crippen LogP contribution in [0, 0.1) is 11.6 Å². The van der Waals surface area contributed by atoms with Gasteiger partial charge >= 0.3 is 0 Å². The standard InChI is InChI=1S/C15H15ClF2N2O/c1-3-11-15(16)12(20(4-2)19-11)8-13(21)14-9(17)6-5-7-10(14)18/h5-7H,3-4,8H2,1-2H3. The number of hydrogen-bond donors (Lipinski definition) is 0. The number of nitrogens with zero attached hydrogens (tertiary/aromatic N) is 2. The van der Waals surface area contributed by atoms with E-state index in [0.29, 0.717) is 29.4 Å². The summed E-state index contributed by atoms with van der Waals surface area (Å²) in [6, 6.07) is 3.35. The molecule has 0 unspecified atom stereocenters. The average Bonchev–Trinajstić information content (AvgIpc) is 2.75. The van der Waals surface area contributed by atoms with Crippen molar-refractivity contribution in [1.82, 2.24) is 9.78 Å². The number of hydrogen-bond acceptors (Lipinski definition) is 2. The van der Waals surface area contributed by atoms with E-state index in [-0.39, 0.29) is 6.42 Å². The molecule has 0 amide bonds. The molecule has 0 spiro atoms. The van der Waals surface area contributed by atoms with Crippen LogP contribution >= 0.6 is 11.6 Å². The molecule has 0 bridgehead atoms. The van der Waals surface area contributed by atoms with Gasteiger partial charge in [0.05, 0.1) is 28.4 Å². The monoisotopic (exact) mass is 312 g/mol. The smallest absolute Gasteiger partial charge is 0.174 e. The SMILES string of the molecule is CCc1nn(CC)c(CC(=O)c2c(F)cccc2F)c1Cl. The average molecular weight is 313 g/mol. The van der Waals surface area contributed by atoms with Crippen molar-refractivity contribution in [2.45, 2.75) is 33.2 Å². The molecule has 2 rings (SSSR count). The largest absolute Gasteiger partial charge is 0.294 e. The Morgan fingerprint density at radius 2 is 1.90 bits per heavy atom. The number of aromatic nitrogens is 2. The molecule has 0 fully saturated rings. The summed E-state index contributed by atoms with van der Waals surface area (Å²) < 4.78 is 28.9. The first kappa shape index (κ1) is 15.6. The molecule has 6 heteroatoms. The van der Waals surface area contributed by atoms with E-state index in [4.69, 9.17) is 11.6 Å². The number of carbonyl (C=O) groups is 1. The maximum Gasteiger partial charge on any atom is 0.174 e. The van der Waals surface area contributed by atoms with Crippen LogP contribution in [0.2, 0.25) is 5.02 Å². The third-order valence-corrected chi connectivity index (χ3v) is 3.70. The molecule has 0 radical (unpaired) electrons. The molecule has 0 saturated carbocycles. The van der Waals surface area contributed by atoms with Crippen molar-refractivity contribution in [3.63, 3.8) is 0 Å². The highest BCUT2D eigenvalue weighted by Crippen LogP contribution is 2.24. The van der Waals surface area contributed by atoms with Crippen LogP contribution in [0.25, 0.3) is 0 Å². The van der Waals surface area contributed by atoms with E-state index in [1.807, 2.05) is 13.8 Å². The van der Waals surface area contributed by atoms with Crippen LogP contribution in [0.3, 0.4) is 0 Å². The first-order chi connectivity index (χ1) is 9.99. The predicted octanol–water partition coefficient (Wildman–Crippen LogP) is 3.82. The molecule has 112 valence electrons. The van der Waals surface area contributed by atoms with E-state index in [2.05, 4.69) is 5.10 Å². The van der Waals surface area contributed by atoms with E-state index >= 15 is 0 Å². The number of halogens is 3. The lowest BCUT2D eigenvalue weighted by atomic mass is 10.0. The van der Waals surface area contributed by atoms with Crippen LogP contribution in [0.4, 0.5) is 8.78 Å². The Hall–Kier alpha value is -1.75. The summed E-state index contributed by atoms with van der Waals surface area (Å²) in [6.45, 7) is 4.29. The number of benzene rings is 1. The number of aryl methyl sites for hydroxylation is 2. The molecular formula is C15H15ClF2N2O. The molecule has 1 aromatic heterocycles. The van der Waals surface area contributed by atoms with Crippen molar-refractivity contribution in [3.8, 4) is 0 Å². The lowest BCUT2D eigenvalue weighted by Crippen LogP contribution is -2.13. The Bertz CT molecular complexity index is 662. The zero-order valence-corrected chi connectivity index (χ0v) is 12.5. The van der Waals surface area contributed by atoms with E-state index in [9.17, 15) is 13.6 Å². The first-order valence-electron chi connectivity index (χ1n) is 6.70. The molecule has 0 aliphatic heterocycles. The molecule has 0 saturated heterocycles. The summed E-state index contributed by atoms with van der Waals surface area (Å²) in [4.78, 5) is 12.2. The minimum Gasteiger partial charge on any atom is -0.294 e. The van der Waals surface area contributed by atoms with Gasteiger partial charge in [0.2, 0.25) is 0 Å². The van der Waals surface area contributed by atoms with Gasteiger partial charge in [0.25, 0.3) is 0 Å². The number of Topliss-reactive ketones (excluding diaryl/α,β-unsaturated/α-hetero) is 1. The van der Waals surface area contributed by atoms with E-state index in [1.54, 1.807) is 4.68 Å². The van der Waals surface area contributed by atoms with Crippen molar-refractivity contribution in [2.24, 2.45) is 0 Å². The molecule has 0 atom stereocenters. The fourth-order valence-electron chi connectivity index (χ4n) is 2.19. The van der Waals surface area contributed by atoms with Crippen LogP contribution < -0.4 is 0 Å². The van der Waals surface area contributed by atoms with Gasteiger partial charge < -0.3 is 0 Å². The van der Waals surface area contributed by atoms with Crippen LogP contribution in [0.5, 0.6) is 0 Å². The van der Waals surface area contributed by atoms with Crippen LogP contribution in [0.15, 0.2) is 18.2 Å². The van der Waals surface area contributed by atoms with Crippen molar-refractivity contribution >= 4 is 17.4 Å². The van der Waals surface area contributed by atoms with E-state index in [0.717, 1.165) is 12.1 Å². The van der Waals surface area contributed by atoms with E-state index in [1.165, 1.54) is 6.07 Å². The van der Waals surface area contributed by atoms with Gasteiger partial charge in [-0.3, -0.25) is 9.48 Å². The summed E-state index contributed by atoms with van der Waals surface area (Å²) in [5, 5.41) is 4.68. The quantitative estimate of drug-likeness (QED) is 0.787. The number of carbonyl (C=O) groups excluding carboxylic acids is 1. The Labute approximate surface area is 126 Å². The predicted molar refractivity (Wildman–Crippen MR) is 76.7 cm³/mol. The van der Waals surface area contributed by atoms with Crippen molar-refractivity contribution in [2.75, 3.05) is 0 Å². The van der Waals surface area contributed by atoms with Crippen molar-refractivity contribution in [1.29, 1.82) is 0 Å². The third-order valence-electron chi connectivity index (χ3n) is 3.26. The highest BCUT2D eigenvalue weighted by atomic mass is 35.5. The van der Waals surface area contributed by atoms with Gasteiger partial charge in [-0.1, -0.05) is 24.6 Å². The van der Waals surface area contributed by atoms with Gasteiger partial charge in [-0.2, -0.15) is 5.10 Å². The molecule has 2 aromatic rings. The maximum absolute atomic E-state index is 13.6. The maximum atomic E-state index is 13.6. The topological polar surface area (TPSA) is 34.9 Å². The Kier molecular flexibility index (Phi) is 4.73. The van der Waals surface area contributed by atoms with Gasteiger partial charge in [-0.25, -0.2) is 8.78 Å². The van der Waals surface area contributed by atoms with Gasteiger partial charge in [0, 0.05) is 6.54 Å². The first-order valence-corrected chi connectivity index (χ1v) is 7.08. The van der Waals surface area contributed by atoms with Gasteiger partial charge in [0.1, 0.15) is 11.6 Å². The highest BCUT2D eigenvalue weighted by Gasteiger charge is 2.22. The summed E-state index contributed by atoms with van der Waals surface area (Å²) in [6.07, 6.45) is 0.443. The Morgan fingerprint density at radius 3 is 2.43 bits per heavy atom. The second kappa shape index (κ2) is 6.35. The molecule has 21 heavy (non-hydrogen) atoms. The molecule has 0 N–H and O–H groups in total. The zero-order valence-electron chi connectivity index (χ0n) is 11.8. The third kappa shape index (κ3) is 2.97. The lowest BCUT2D eigenvalue weighted by Gasteiger charge is -2.06. The van der Waals surface area contributed by atoms with Gasteiger partial charge in [-0.15, -0.1) is 0 Å². The van der Waals surface area contributed by atoms with Crippen LogP contribution in [-0.4, -0.2) is 15.6 Å². The lowest BCUT2D eigenvalue weighted by molar-refractivity contribution is 0.0982. The minimum atomic E-state index is -0.866. The Balaban J connectivity index is 2.38. The summed E-state index contributed by atoms with van der Waals surface area (Å²) in [7, 11) is 0. The van der Waals surface area contributed by atoms with Crippen molar-refractivity contribution < 1.29 is 13.6 Å². The number of ketones is 1. The Morgan fingerprint density at radius 1 is 1.29 bits per heavy atom. The normalized spacial score (nSPS) is 10.9. The minimum absolute atomic E-state index is 0.183. The zero-order chi connectivity index (χ0) is 15.6. The highest BCUT2D eigenvalue weighted by molar-refractivity contribution is 6.32. The second-order valence-electron chi connectivity index (χ2n) is 4.57. The van der Waals surface area contributed by atoms with E-state index < -0.39 is 23.0 Å². The van der Waals surface area contributed by atoms with Crippen LogP contribution in [0.1, 0.15) is 35.6 Å². The van der Waals surface area contributed by atoms with Crippen LogP contribution in [-0.2, 0) is 19.4 Å². The van der Waals surface area contributed by atoms with Gasteiger partial charge in [-0.05, 0) is 25.5 Å². The van der Waals surface area contributed by atoms with Gasteiger partial charge in [0.15, 0.2) is 5.78 Å². The fourth-order valence-corrected chi connectivity index (χ4v) is 2.53. The molecule has 0 aliphatic rings. The molecule has 3 nitrogen and oxygen atoms in total. The molecule has 1 heterocycles. The van der Waals surface area contributed by atoms with Crippen molar-refractivity contribution in [3.05, 3.63) is 51.8 Å². The molecule has 1 aromatic carbocycles. The molecular weight excluding hydrogens is 298 g/mol. The number of rotatable bonds is 5. The summed E-state index contributed by atoms with van der Waals surface area (Å²) >= 11 is 6.20. The molecule has 0 aliphatic carbocycles. The summed E-state index contributed by atoms with van der Waals surface area (Å²) in [5.74, 6) is -2.38. The summed E-state index contributed by atoms with van der Waals surface area (Å²) in [5.41, 5.74) is 0.634. The second-order valence-corrected chi connectivity index (χ2v) is 4.95. The fraction of sp³-hybridized carbons (Fsp3) is 0.333.